The molecular formula is C24H25FN4O2S. The molecule has 2 atom stereocenters. The van der Waals surface area contributed by atoms with Gasteiger partial charge in [-0.15, -0.1) is 0 Å². The highest BCUT2D eigenvalue weighted by molar-refractivity contribution is 8.15. The summed E-state index contributed by atoms with van der Waals surface area (Å²) in [7, 11) is 0. The zero-order valence-electron chi connectivity index (χ0n) is 18.2. The number of nitrogens with one attached hydrogen (secondary N) is 1. The first-order valence-electron chi connectivity index (χ1n) is 10.6. The highest BCUT2D eigenvalue weighted by Gasteiger charge is 2.42. The monoisotopic (exact) mass is 452 g/mol. The second-order valence-corrected chi connectivity index (χ2v) is 9.60. The maximum atomic E-state index is 13.2. The van der Waals surface area contributed by atoms with Crippen molar-refractivity contribution in [1.82, 2.24) is 10.2 Å². The Morgan fingerprint density at radius 2 is 1.88 bits per heavy atom. The largest absolute Gasteiger partial charge is 0.351 e. The van der Waals surface area contributed by atoms with Gasteiger partial charge in [0.25, 0.3) is 5.91 Å². The lowest BCUT2D eigenvalue weighted by Gasteiger charge is -2.27. The summed E-state index contributed by atoms with van der Waals surface area (Å²) in [6, 6.07) is 13.1. The molecule has 0 aliphatic carbocycles. The van der Waals surface area contributed by atoms with Gasteiger partial charge in [0.1, 0.15) is 17.7 Å². The van der Waals surface area contributed by atoms with Gasteiger partial charge >= 0.3 is 0 Å². The maximum absolute atomic E-state index is 13.2. The highest BCUT2D eigenvalue weighted by Crippen LogP contribution is 2.35. The topological polar surface area (TPSA) is 74.1 Å². The summed E-state index contributed by atoms with van der Waals surface area (Å²) in [6.07, 6.45) is 0.659. The Hall–Kier alpha value is -3.00. The first-order valence-corrected chi connectivity index (χ1v) is 11.5. The van der Waals surface area contributed by atoms with Crippen molar-refractivity contribution >= 4 is 40.3 Å². The molecule has 0 saturated heterocycles. The van der Waals surface area contributed by atoms with E-state index in [1.54, 1.807) is 24.0 Å². The predicted octanol–water partition coefficient (Wildman–Crippen LogP) is 4.27. The molecule has 0 saturated carbocycles. The van der Waals surface area contributed by atoms with Gasteiger partial charge in [-0.2, -0.15) is 0 Å². The molecule has 0 aromatic heterocycles. The van der Waals surface area contributed by atoms with Crippen LogP contribution in [0.3, 0.4) is 0 Å². The minimum absolute atomic E-state index is 0.103. The number of carbonyl (C=O) groups is 2. The number of amides is 2. The molecule has 2 aromatic carbocycles. The molecule has 1 N–H and O–H groups in total. The molecule has 2 aromatic rings. The molecular weight excluding hydrogens is 427 g/mol. The summed E-state index contributed by atoms with van der Waals surface area (Å²) in [5, 5.41) is 2.83. The fraction of sp³-hybridized carbons (Fsp3) is 0.333. The summed E-state index contributed by atoms with van der Waals surface area (Å²) in [6.45, 7) is 6.20. The fourth-order valence-electron chi connectivity index (χ4n) is 3.63. The van der Waals surface area contributed by atoms with Crippen LogP contribution in [0.15, 0.2) is 58.5 Å². The second-order valence-electron chi connectivity index (χ2n) is 8.29. The number of hydrogen-bond donors (Lipinski definition) is 1. The standard InChI is InChI=1S/C24H25FN4O2S/c1-14(2)12-20-23(31)29-21(27-20)18-6-4-5-7-19(18)28-24(29)32-15(3)22(30)26-13-16-8-10-17(25)11-9-16/h4-11,14-15,20H,12-13H2,1-3H3,(H,26,30)/t15-,20-/m0/s1. The Labute approximate surface area is 191 Å². The molecule has 4 rings (SSSR count). The van der Waals surface area contributed by atoms with E-state index < -0.39 is 11.3 Å². The molecule has 0 unspecified atom stereocenters. The van der Waals surface area contributed by atoms with E-state index in [2.05, 4.69) is 24.2 Å². The van der Waals surface area contributed by atoms with E-state index in [0.717, 1.165) is 16.8 Å². The van der Waals surface area contributed by atoms with Gasteiger partial charge in [0, 0.05) is 12.1 Å². The Morgan fingerprint density at radius 1 is 1.16 bits per heavy atom. The first-order chi connectivity index (χ1) is 15.3. The number of aliphatic imine (C=N–C) groups is 2. The lowest BCUT2D eigenvalue weighted by molar-refractivity contribution is -0.125. The third-order valence-electron chi connectivity index (χ3n) is 5.27. The fourth-order valence-corrected chi connectivity index (χ4v) is 4.57. The van der Waals surface area contributed by atoms with Crippen LogP contribution in [0.5, 0.6) is 0 Å². The van der Waals surface area contributed by atoms with Crippen molar-refractivity contribution in [1.29, 1.82) is 0 Å². The van der Waals surface area contributed by atoms with Gasteiger partial charge in [-0.05, 0) is 49.1 Å². The number of nitrogens with zero attached hydrogens (tertiary/aromatic N) is 3. The van der Waals surface area contributed by atoms with Crippen LogP contribution in [0.25, 0.3) is 0 Å². The number of fused-ring (bicyclic) bond motifs is 3. The molecule has 2 aliphatic heterocycles. The molecule has 2 heterocycles. The Balaban J connectivity index is 1.51. The van der Waals surface area contributed by atoms with Gasteiger partial charge < -0.3 is 5.32 Å². The third-order valence-corrected chi connectivity index (χ3v) is 6.33. The van der Waals surface area contributed by atoms with Gasteiger partial charge in [0.2, 0.25) is 5.91 Å². The molecule has 0 bridgehead atoms. The highest BCUT2D eigenvalue weighted by atomic mass is 32.2. The number of carbonyl (C=O) groups excluding carboxylic acids is 2. The number of para-hydroxylation sites is 1. The van der Waals surface area contributed by atoms with Crippen molar-refractivity contribution in [2.45, 2.75) is 45.0 Å². The van der Waals surface area contributed by atoms with Crippen LogP contribution in [0, 0.1) is 11.7 Å². The summed E-state index contributed by atoms with van der Waals surface area (Å²) < 4.78 is 13.1. The Bertz CT molecular complexity index is 1100. The molecule has 6 nitrogen and oxygen atoms in total. The number of hydrogen-bond acceptors (Lipinski definition) is 5. The van der Waals surface area contributed by atoms with E-state index in [9.17, 15) is 14.0 Å². The quantitative estimate of drug-likeness (QED) is 0.711. The smallest absolute Gasteiger partial charge is 0.259 e. The van der Waals surface area contributed by atoms with E-state index in [1.807, 2.05) is 24.3 Å². The molecule has 2 amide bonds. The van der Waals surface area contributed by atoms with E-state index in [1.165, 1.54) is 23.9 Å². The molecule has 0 radical (unpaired) electrons. The maximum Gasteiger partial charge on any atom is 0.259 e. The molecule has 166 valence electrons. The van der Waals surface area contributed by atoms with Crippen molar-refractivity contribution < 1.29 is 14.0 Å². The van der Waals surface area contributed by atoms with Crippen LogP contribution in [0.4, 0.5) is 10.1 Å². The zero-order valence-corrected chi connectivity index (χ0v) is 19.0. The summed E-state index contributed by atoms with van der Waals surface area (Å²) >= 11 is 1.23. The van der Waals surface area contributed by atoms with E-state index in [-0.39, 0.29) is 17.6 Å². The van der Waals surface area contributed by atoms with E-state index in [0.29, 0.717) is 29.9 Å². The minimum Gasteiger partial charge on any atom is -0.351 e. The van der Waals surface area contributed by atoms with Crippen LogP contribution in [-0.2, 0) is 16.1 Å². The summed E-state index contributed by atoms with van der Waals surface area (Å²) in [5.41, 5.74) is 2.37. The number of amidine groups is 2. The minimum atomic E-state index is -0.488. The third kappa shape index (κ3) is 4.60. The predicted molar refractivity (Wildman–Crippen MR) is 125 cm³/mol. The Kier molecular flexibility index (Phi) is 6.41. The number of benzene rings is 2. The van der Waals surface area contributed by atoms with Crippen LogP contribution < -0.4 is 5.32 Å². The van der Waals surface area contributed by atoms with Crippen molar-refractivity contribution in [3.63, 3.8) is 0 Å². The van der Waals surface area contributed by atoms with E-state index >= 15 is 0 Å². The van der Waals surface area contributed by atoms with Gasteiger partial charge in [-0.25, -0.2) is 14.3 Å². The van der Waals surface area contributed by atoms with Crippen molar-refractivity contribution in [3.05, 3.63) is 65.5 Å². The lowest BCUT2D eigenvalue weighted by Crippen LogP contribution is -2.43. The zero-order chi connectivity index (χ0) is 22.8. The molecule has 32 heavy (non-hydrogen) atoms. The molecule has 8 heteroatoms. The normalized spacial score (nSPS) is 18.1. The van der Waals surface area contributed by atoms with E-state index in [4.69, 9.17) is 4.99 Å². The first kappa shape index (κ1) is 22.2. The average Bonchev–Trinajstić information content (AvgIpc) is 3.09. The van der Waals surface area contributed by atoms with Crippen LogP contribution in [-0.4, -0.2) is 39.0 Å². The lowest BCUT2D eigenvalue weighted by atomic mass is 10.0. The van der Waals surface area contributed by atoms with Gasteiger partial charge in [-0.1, -0.05) is 49.9 Å². The molecule has 0 spiro atoms. The number of halogens is 1. The van der Waals surface area contributed by atoms with Crippen molar-refractivity contribution in [2.75, 3.05) is 0 Å². The van der Waals surface area contributed by atoms with Crippen molar-refractivity contribution in [3.8, 4) is 0 Å². The van der Waals surface area contributed by atoms with Gasteiger partial charge in [-0.3, -0.25) is 14.6 Å². The van der Waals surface area contributed by atoms with Crippen LogP contribution >= 0.6 is 11.8 Å². The van der Waals surface area contributed by atoms with Gasteiger partial charge in [0.05, 0.1) is 10.9 Å². The SMILES string of the molecule is CC(C)C[C@@H]1N=C2c3ccccc3N=C(S[C@@H](C)C(=O)NCc3ccc(F)cc3)N2C1=O. The van der Waals surface area contributed by atoms with Crippen LogP contribution in [0.2, 0.25) is 0 Å². The summed E-state index contributed by atoms with van der Waals surface area (Å²) in [4.78, 5) is 36.8. The number of rotatable bonds is 6. The number of thioether (sulfide) groups is 1. The van der Waals surface area contributed by atoms with Crippen LogP contribution in [0.1, 0.15) is 38.3 Å². The second kappa shape index (κ2) is 9.24. The molecule has 0 fully saturated rings. The average molecular weight is 453 g/mol. The summed E-state index contributed by atoms with van der Waals surface area (Å²) in [5.74, 6) is 0.322. The Morgan fingerprint density at radius 3 is 2.59 bits per heavy atom. The van der Waals surface area contributed by atoms with Crippen molar-refractivity contribution in [2.24, 2.45) is 15.9 Å². The van der Waals surface area contributed by atoms with Gasteiger partial charge in [0.15, 0.2) is 5.17 Å². The molecule has 2 aliphatic rings.